The minimum atomic E-state index is -0.00842. The van der Waals surface area contributed by atoms with Gasteiger partial charge in [0.15, 0.2) is 0 Å². The number of oxime groups is 1. The molecule has 0 saturated carbocycles. The van der Waals surface area contributed by atoms with Crippen molar-refractivity contribution in [1.29, 1.82) is 0 Å². The largest absolute Gasteiger partial charge is 0.411 e. The Balaban J connectivity index is 1.89. The van der Waals surface area contributed by atoms with Crippen molar-refractivity contribution in [2.24, 2.45) is 10.6 Å². The fourth-order valence-electron chi connectivity index (χ4n) is 3.78. The fourth-order valence-corrected chi connectivity index (χ4v) is 3.78. The Morgan fingerprint density at radius 2 is 2.09 bits per heavy atom. The molecule has 0 bridgehead atoms. The van der Waals surface area contributed by atoms with Crippen molar-refractivity contribution in [3.05, 3.63) is 60.2 Å². The van der Waals surface area contributed by atoms with E-state index in [2.05, 4.69) is 65.5 Å². The van der Waals surface area contributed by atoms with Gasteiger partial charge in [-0.3, -0.25) is 4.90 Å². The summed E-state index contributed by atoms with van der Waals surface area (Å²) in [7, 11) is 0. The SMILES string of the molecule is CC1([C@@H]2/C(=N\O)CCCN2Cc2ccccc2)C=CC=CC1. The van der Waals surface area contributed by atoms with E-state index >= 15 is 0 Å². The van der Waals surface area contributed by atoms with Crippen LogP contribution in [0.1, 0.15) is 31.7 Å². The highest BCUT2D eigenvalue weighted by Crippen LogP contribution is 2.38. The van der Waals surface area contributed by atoms with Gasteiger partial charge in [0.1, 0.15) is 0 Å². The summed E-state index contributed by atoms with van der Waals surface area (Å²) >= 11 is 0. The van der Waals surface area contributed by atoms with Gasteiger partial charge in [-0.1, -0.05) is 66.7 Å². The Bertz CT molecular complexity index is 591. The number of benzene rings is 1. The summed E-state index contributed by atoms with van der Waals surface area (Å²) in [5, 5.41) is 13.2. The molecule has 1 unspecified atom stereocenters. The monoisotopic (exact) mass is 296 g/mol. The Morgan fingerprint density at radius 1 is 1.27 bits per heavy atom. The lowest BCUT2D eigenvalue weighted by atomic mass is 9.72. The molecular formula is C19H24N2O. The molecule has 2 aliphatic rings. The van der Waals surface area contributed by atoms with Gasteiger partial charge in [-0.15, -0.1) is 0 Å². The van der Waals surface area contributed by atoms with Gasteiger partial charge in [-0.25, -0.2) is 0 Å². The molecule has 22 heavy (non-hydrogen) atoms. The maximum Gasteiger partial charge on any atom is 0.0751 e. The van der Waals surface area contributed by atoms with Gasteiger partial charge in [0.05, 0.1) is 11.8 Å². The van der Waals surface area contributed by atoms with E-state index in [4.69, 9.17) is 0 Å². The molecule has 3 heteroatoms. The summed E-state index contributed by atoms with van der Waals surface area (Å²) in [6.45, 7) is 4.22. The fraction of sp³-hybridized carbons (Fsp3) is 0.421. The highest BCUT2D eigenvalue weighted by atomic mass is 16.4. The smallest absolute Gasteiger partial charge is 0.0751 e. The number of likely N-dealkylation sites (tertiary alicyclic amines) is 1. The standard InChI is InChI=1S/C19H24N2O/c1-19(12-6-3-7-13-19)18-17(20-22)11-8-14-21(18)15-16-9-4-2-5-10-16/h2-7,9-10,12,18,22H,8,11,13-15H2,1H3/b20-17-/t18-,19?/m0/s1. The first-order valence-electron chi connectivity index (χ1n) is 8.06. The lowest BCUT2D eigenvalue weighted by Crippen LogP contribution is -2.53. The Hall–Kier alpha value is -1.87. The average Bonchev–Trinajstić information content (AvgIpc) is 2.56. The van der Waals surface area contributed by atoms with Crippen LogP contribution in [-0.2, 0) is 6.54 Å². The third-order valence-corrected chi connectivity index (χ3v) is 4.82. The topological polar surface area (TPSA) is 35.8 Å². The van der Waals surface area contributed by atoms with Crippen LogP contribution in [0.5, 0.6) is 0 Å². The van der Waals surface area contributed by atoms with Crippen LogP contribution in [0.3, 0.4) is 0 Å². The van der Waals surface area contributed by atoms with Crippen LogP contribution in [-0.4, -0.2) is 28.4 Å². The molecule has 1 aromatic carbocycles. The summed E-state index contributed by atoms with van der Waals surface area (Å²) in [5.41, 5.74) is 2.22. The van der Waals surface area contributed by atoms with Crippen molar-refractivity contribution < 1.29 is 5.21 Å². The zero-order valence-electron chi connectivity index (χ0n) is 13.2. The molecule has 1 heterocycles. The van der Waals surface area contributed by atoms with E-state index in [0.29, 0.717) is 0 Å². The van der Waals surface area contributed by atoms with E-state index in [0.717, 1.165) is 38.1 Å². The van der Waals surface area contributed by atoms with Crippen molar-refractivity contribution >= 4 is 5.71 Å². The molecule has 3 rings (SSSR count). The molecule has 3 nitrogen and oxygen atoms in total. The zero-order valence-corrected chi connectivity index (χ0v) is 13.2. The molecule has 1 N–H and O–H groups in total. The van der Waals surface area contributed by atoms with Gasteiger partial charge >= 0.3 is 0 Å². The van der Waals surface area contributed by atoms with Crippen molar-refractivity contribution in [3.8, 4) is 0 Å². The van der Waals surface area contributed by atoms with E-state index in [1.165, 1.54) is 5.56 Å². The zero-order chi connectivity index (χ0) is 15.4. The first-order chi connectivity index (χ1) is 10.7. The number of hydrogen-bond acceptors (Lipinski definition) is 3. The second kappa shape index (κ2) is 6.49. The number of hydrogen-bond donors (Lipinski definition) is 1. The highest BCUT2D eigenvalue weighted by Gasteiger charge is 2.41. The maximum absolute atomic E-state index is 9.51. The molecular weight excluding hydrogens is 272 g/mol. The van der Waals surface area contributed by atoms with Crippen LogP contribution >= 0.6 is 0 Å². The third kappa shape index (κ3) is 3.00. The van der Waals surface area contributed by atoms with Crippen LogP contribution in [0.25, 0.3) is 0 Å². The molecule has 1 aromatic rings. The van der Waals surface area contributed by atoms with Gasteiger partial charge < -0.3 is 5.21 Å². The molecule has 0 amide bonds. The Kier molecular flexibility index (Phi) is 4.44. The van der Waals surface area contributed by atoms with Crippen LogP contribution in [0.15, 0.2) is 59.8 Å². The summed E-state index contributed by atoms with van der Waals surface area (Å²) < 4.78 is 0. The molecule has 0 aromatic heterocycles. The average molecular weight is 296 g/mol. The minimum absolute atomic E-state index is 0.00842. The lowest BCUT2D eigenvalue weighted by molar-refractivity contribution is 0.127. The van der Waals surface area contributed by atoms with Crippen molar-refractivity contribution in [3.63, 3.8) is 0 Å². The van der Waals surface area contributed by atoms with Crippen molar-refractivity contribution in [1.82, 2.24) is 4.90 Å². The number of rotatable bonds is 3. The number of allylic oxidation sites excluding steroid dienone is 3. The first-order valence-corrected chi connectivity index (χ1v) is 8.06. The Morgan fingerprint density at radius 3 is 2.77 bits per heavy atom. The predicted octanol–water partition coefficient (Wildman–Crippen LogP) is 4.00. The lowest BCUT2D eigenvalue weighted by Gasteiger charge is -2.46. The molecule has 1 fully saturated rings. The highest BCUT2D eigenvalue weighted by molar-refractivity contribution is 5.91. The third-order valence-electron chi connectivity index (χ3n) is 4.82. The molecule has 116 valence electrons. The predicted molar refractivity (Wildman–Crippen MR) is 90.1 cm³/mol. The summed E-state index contributed by atoms with van der Waals surface area (Å²) in [4.78, 5) is 2.47. The Labute approximate surface area is 132 Å². The molecule has 1 aliphatic carbocycles. The summed E-state index contributed by atoms with van der Waals surface area (Å²) in [5.74, 6) is 0. The van der Waals surface area contributed by atoms with E-state index in [1.54, 1.807) is 0 Å². The molecule has 2 atom stereocenters. The quantitative estimate of drug-likeness (QED) is 0.676. The van der Waals surface area contributed by atoms with Gasteiger partial charge in [-0.2, -0.15) is 0 Å². The first kappa shape index (κ1) is 15.0. The van der Waals surface area contributed by atoms with Crippen LogP contribution in [0.2, 0.25) is 0 Å². The normalized spacial score (nSPS) is 30.8. The minimum Gasteiger partial charge on any atom is -0.411 e. The van der Waals surface area contributed by atoms with E-state index in [9.17, 15) is 5.21 Å². The van der Waals surface area contributed by atoms with Crippen molar-refractivity contribution in [2.45, 2.75) is 38.8 Å². The molecule has 0 spiro atoms. The number of piperidine rings is 1. The molecule has 0 radical (unpaired) electrons. The molecule has 1 saturated heterocycles. The van der Waals surface area contributed by atoms with Crippen LogP contribution < -0.4 is 0 Å². The van der Waals surface area contributed by atoms with Gasteiger partial charge in [0, 0.05) is 12.0 Å². The molecule has 1 aliphatic heterocycles. The van der Waals surface area contributed by atoms with Gasteiger partial charge in [-0.05, 0) is 31.4 Å². The van der Waals surface area contributed by atoms with Crippen molar-refractivity contribution in [2.75, 3.05) is 6.54 Å². The van der Waals surface area contributed by atoms with E-state index < -0.39 is 0 Å². The maximum atomic E-state index is 9.51. The second-order valence-electron chi connectivity index (χ2n) is 6.55. The van der Waals surface area contributed by atoms with Gasteiger partial charge in [0.25, 0.3) is 0 Å². The second-order valence-corrected chi connectivity index (χ2v) is 6.55. The summed E-state index contributed by atoms with van der Waals surface area (Å²) in [6.07, 6.45) is 11.6. The van der Waals surface area contributed by atoms with Crippen LogP contribution in [0, 0.1) is 5.41 Å². The van der Waals surface area contributed by atoms with E-state index in [-0.39, 0.29) is 11.5 Å². The van der Waals surface area contributed by atoms with E-state index in [1.807, 2.05) is 6.07 Å². The summed E-state index contributed by atoms with van der Waals surface area (Å²) in [6, 6.07) is 10.7. The number of nitrogens with zero attached hydrogens (tertiary/aromatic N) is 2. The van der Waals surface area contributed by atoms with Crippen LogP contribution in [0.4, 0.5) is 0 Å². The van der Waals surface area contributed by atoms with Gasteiger partial charge in [0.2, 0.25) is 0 Å².